The molecule has 0 aliphatic rings. The average Bonchev–Trinajstić information content (AvgIpc) is 1.67. The first kappa shape index (κ1) is 6.78. The Bertz CT molecular complexity index is 134. The molecule has 0 spiro atoms. The van der Waals surface area contributed by atoms with Crippen molar-refractivity contribution in [1.29, 1.82) is 0 Å². The van der Waals surface area contributed by atoms with Crippen LogP contribution >= 0.6 is 0 Å². The van der Waals surface area contributed by atoms with E-state index in [2.05, 4.69) is 10.0 Å². The van der Waals surface area contributed by atoms with E-state index >= 15 is 0 Å². The number of carbonyl (C=O) groups is 1. The smallest absolute Gasteiger partial charge is 0.226 e. The van der Waals surface area contributed by atoms with Crippen molar-refractivity contribution in [1.82, 2.24) is 0 Å². The van der Waals surface area contributed by atoms with Crippen LogP contribution in [-0.4, -0.2) is 11.9 Å². The summed E-state index contributed by atoms with van der Waals surface area (Å²) in [4.78, 5) is 12.4. The van der Waals surface area contributed by atoms with Crippen LogP contribution in [0.2, 0.25) is 0 Å². The summed E-state index contributed by atoms with van der Waals surface area (Å²) >= 11 is 0. The van der Waals surface area contributed by atoms with Crippen molar-refractivity contribution in [2.75, 3.05) is 0 Å². The third-order valence-electron chi connectivity index (χ3n) is 0.637. The first-order valence-corrected chi connectivity index (χ1v) is 2.02. The molecule has 0 aliphatic carbocycles. The van der Waals surface area contributed by atoms with E-state index in [1.54, 1.807) is 0 Å². The van der Waals surface area contributed by atoms with Gasteiger partial charge in [0.1, 0.15) is 6.04 Å². The van der Waals surface area contributed by atoms with Gasteiger partial charge in [-0.25, -0.2) is 0 Å². The van der Waals surface area contributed by atoms with E-state index in [0.29, 0.717) is 0 Å². The number of azide groups is 1. The fraction of sp³-hybridized carbons (Fsp3) is 0.667. The highest BCUT2D eigenvalue weighted by molar-refractivity contribution is 5.79. The molecule has 0 heterocycles. The molecule has 0 aromatic carbocycles. The van der Waals surface area contributed by atoms with Gasteiger partial charge in [-0.1, -0.05) is 5.11 Å². The summed E-state index contributed by atoms with van der Waals surface area (Å²) in [6.45, 7) is 1.43. The molecule has 2 N–H and O–H groups in total. The lowest BCUT2D eigenvalue weighted by Crippen LogP contribution is -2.22. The number of nitrogens with two attached hydrogens (primary N) is 1. The molecular formula is C3H6N4O. The van der Waals surface area contributed by atoms with Crippen LogP contribution in [0.4, 0.5) is 0 Å². The molecule has 1 amide bonds. The highest BCUT2D eigenvalue weighted by Crippen LogP contribution is 1.84. The molecule has 0 aromatic heterocycles. The molecule has 0 aliphatic heterocycles. The molecule has 0 saturated heterocycles. The summed E-state index contributed by atoms with van der Waals surface area (Å²) in [5, 5.41) is 3.03. The molecule has 1 atom stereocenters. The van der Waals surface area contributed by atoms with E-state index in [-0.39, 0.29) is 0 Å². The topological polar surface area (TPSA) is 91.8 Å². The summed E-state index contributed by atoms with van der Waals surface area (Å²) < 4.78 is 0. The minimum atomic E-state index is -0.736. The second-order valence-electron chi connectivity index (χ2n) is 1.28. The highest BCUT2D eigenvalue weighted by Gasteiger charge is 2.02. The number of hydrogen-bond acceptors (Lipinski definition) is 2. The number of carbonyl (C=O) groups excluding carboxylic acids is 1. The quantitative estimate of drug-likeness (QED) is 0.309. The Balaban J connectivity index is 3.82. The fourth-order valence-electron chi connectivity index (χ4n) is 0.134. The number of primary amides is 1. The van der Waals surface area contributed by atoms with Crippen LogP contribution in [-0.2, 0) is 4.79 Å². The van der Waals surface area contributed by atoms with E-state index in [1.807, 2.05) is 0 Å². The lowest BCUT2D eigenvalue weighted by Gasteiger charge is -1.91. The Kier molecular flexibility index (Phi) is 2.43. The van der Waals surface area contributed by atoms with Crippen LogP contribution in [0.5, 0.6) is 0 Å². The zero-order chi connectivity index (χ0) is 6.57. The normalized spacial score (nSPS) is 11.6. The minimum absolute atomic E-state index is 0.609. The molecule has 0 aromatic rings. The summed E-state index contributed by atoms with van der Waals surface area (Å²) in [5.41, 5.74) is 12.5. The van der Waals surface area contributed by atoms with Gasteiger partial charge in [0.25, 0.3) is 0 Å². The average molecular weight is 114 g/mol. The molecule has 0 radical (unpaired) electrons. The summed E-state index contributed by atoms with van der Waals surface area (Å²) in [7, 11) is 0. The van der Waals surface area contributed by atoms with Crippen LogP contribution in [0.15, 0.2) is 5.11 Å². The molecule has 8 heavy (non-hydrogen) atoms. The molecule has 44 valence electrons. The standard InChI is InChI=1S/C3H6N4O/c1-2(3(4)8)6-7-5/h2H,1H3,(H2,4,8)/t2-/m1/s1. The van der Waals surface area contributed by atoms with Crippen molar-refractivity contribution < 1.29 is 4.79 Å². The fourth-order valence-corrected chi connectivity index (χ4v) is 0.134. The maximum Gasteiger partial charge on any atom is 0.226 e. The molecule has 5 nitrogen and oxygen atoms in total. The third-order valence-corrected chi connectivity index (χ3v) is 0.637. The SMILES string of the molecule is C[C@@H](N=[N+]=[N-])C(N)=O. The van der Waals surface area contributed by atoms with Gasteiger partial charge in [0.15, 0.2) is 0 Å². The third kappa shape index (κ3) is 2.04. The van der Waals surface area contributed by atoms with Crippen molar-refractivity contribution in [3.05, 3.63) is 10.4 Å². The maximum absolute atomic E-state index is 10.0. The number of amides is 1. The zero-order valence-corrected chi connectivity index (χ0v) is 4.40. The van der Waals surface area contributed by atoms with E-state index in [1.165, 1.54) is 6.92 Å². The van der Waals surface area contributed by atoms with Crippen LogP contribution in [0.25, 0.3) is 10.4 Å². The van der Waals surface area contributed by atoms with E-state index in [0.717, 1.165) is 0 Å². The Morgan fingerprint density at radius 2 is 2.50 bits per heavy atom. The molecule has 0 bridgehead atoms. The predicted octanol–water partition coefficient (Wildman–Crippen LogP) is 0.170. The van der Waals surface area contributed by atoms with Gasteiger partial charge in [-0.3, -0.25) is 4.79 Å². The van der Waals surface area contributed by atoms with Crippen LogP contribution in [0.3, 0.4) is 0 Å². The van der Waals surface area contributed by atoms with Gasteiger partial charge >= 0.3 is 0 Å². The summed E-state index contributed by atoms with van der Waals surface area (Å²) in [5.74, 6) is -0.609. The lowest BCUT2D eigenvalue weighted by molar-refractivity contribution is -0.118. The summed E-state index contributed by atoms with van der Waals surface area (Å²) in [6, 6.07) is -0.736. The lowest BCUT2D eigenvalue weighted by atomic mass is 10.4. The van der Waals surface area contributed by atoms with Gasteiger partial charge in [-0.05, 0) is 12.5 Å². The molecule has 0 rings (SSSR count). The predicted molar refractivity (Wildman–Crippen MR) is 27.8 cm³/mol. The molecular weight excluding hydrogens is 108 g/mol. The van der Waals surface area contributed by atoms with Gasteiger partial charge in [0.05, 0.1) is 0 Å². The first-order valence-electron chi connectivity index (χ1n) is 2.02. The Hall–Kier alpha value is -1.22. The maximum atomic E-state index is 10.0. The van der Waals surface area contributed by atoms with Crippen LogP contribution in [0.1, 0.15) is 6.92 Å². The zero-order valence-electron chi connectivity index (χ0n) is 4.40. The van der Waals surface area contributed by atoms with Crippen LogP contribution in [0, 0.1) is 0 Å². The van der Waals surface area contributed by atoms with Gasteiger partial charge in [0.2, 0.25) is 5.91 Å². The van der Waals surface area contributed by atoms with Crippen molar-refractivity contribution >= 4 is 5.91 Å². The second-order valence-corrected chi connectivity index (χ2v) is 1.28. The van der Waals surface area contributed by atoms with Gasteiger partial charge < -0.3 is 5.73 Å². The number of hydrogen-bond donors (Lipinski definition) is 1. The number of rotatable bonds is 2. The minimum Gasteiger partial charge on any atom is -0.369 e. The Labute approximate surface area is 46.1 Å². The molecule has 0 unspecified atom stereocenters. The van der Waals surface area contributed by atoms with E-state index < -0.39 is 11.9 Å². The highest BCUT2D eigenvalue weighted by atomic mass is 16.1. The molecule has 0 saturated carbocycles. The van der Waals surface area contributed by atoms with Gasteiger partial charge in [-0.15, -0.1) is 0 Å². The van der Waals surface area contributed by atoms with Crippen LogP contribution < -0.4 is 5.73 Å². The van der Waals surface area contributed by atoms with E-state index in [9.17, 15) is 4.79 Å². The largest absolute Gasteiger partial charge is 0.369 e. The summed E-state index contributed by atoms with van der Waals surface area (Å²) in [6.07, 6.45) is 0. The monoisotopic (exact) mass is 114 g/mol. The van der Waals surface area contributed by atoms with Crippen molar-refractivity contribution in [2.45, 2.75) is 13.0 Å². The van der Waals surface area contributed by atoms with E-state index in [4.69, 9.17) is 11.3 Å². The van der Waals surface area contributed by atoms with Crippen molar-refractivity contribution in [3.8, 4) is 0 Å². The first-order chi connectivity index (χ1) is 3.68. The van der Waals surface area contributed by atoms with Gasteiger partial charge in [-0.2, -0.15) is 0 Å². The number of nitrogens with zero attached hydrogens (tertiary/aromatic N) is 3. The van der Waals surface area contributed by atoms with Crippen molar-refractivity contribution in [2.24, 2.45) is 10.8 Å². The molecule has 5 heteroatoms. The Morgan fingerprint density at radius 3 is 2.62 bits per heavy atom. The van der Waals surface area contributed by atoms with Crippen molar-refractivity contribution in [3.63, 3.8) is 0 Å². The second kappa shape index (κ2) is 2.87. The Morgan fingerprint density at radius 1 is 2.00 bits per heavy atom. The molecule has 0 fully saturated rings. The van der Waals surface area contributed by atoms with Gasteiger partial charge in [0, 0.05) is 4.91 Å².